The van der Waals surface area contributed by atoms with Crippen molar-refractivity contribution in [3.8, 4) is 0 Å². The van der Waals surface area contributed by atoms with Gasteiger partial charge in [0.15, 0.2) is 9.84 Å². The van der Waals surface area contributed by atoms with Gasteiger partial charge >= 0.3 is 0 Å². The summed E-state index contributed by atoms with van der Waals surface area (Å²) in [4.78, 5) is 27.7. The lowest BCUT2D eigenvalue weighted by molar-refractivity contribution is -0.136. The second kappa shape index (κ2) is 10.1. The third-order valence-electron chi connectivity index (χ3n) is 7.23. The summed E-state index contributed by atoms with van der Waals surface area (Å²) >= 11 is 0. The number of anilines is 1. The van der Waals surface area contributed by atoms with Crippen molar-refractivity contribution in [3.05, 3.63) is 59.4 Å². The third kappa shape index (κ3) is 5.75. The number of Topliss-reactive ketones (excluding diaryl/α,β-unsaturated/α-hetero) is 1. The van der Waals surface area contributed by atoms with E-state index in [2.05, 4.69) is 9.71 Å². The van der Waals surface area contributed by atoms with Gasteiger partial charge in [-0.25, -0.2) is 12.8 Å². The van der Waals surface area contributed by atoms with Crippen LogP contribution in [0.15, 0.2) is 51.8 Å². The van der Waals surface area contributed by atoms with Gasteiger partial charge in [0.05, 0.1) is 42.0 Å². The first-order valence-electron chi connectivity index (χ1n) is 12.4. The van der Waals surface area contributed by atoms with Crippen molar-refractivity contribution in [2.75, 3.05) is 11.6 Å². The topological polar surface area (TPSA) is 139 Å². The fourth-order valence-corrected chi connectivity index (χ4v) is 7.65. The number of rotatable bonds is 8. The maximum Gasteiger partial charge on any atom is 0.286 e. The fourth-order valence-electron chi connectivity index (χ4n) is 5.67. The third-order valence-corrected chi connectivity index (χ3v) is 9.44. The number of benzene rings is 2. The zero-order chi connectivity index (χ0) is 28.1. The number of fused-ring (bicyclic) bond motifs is 3. The Balaban J connectivity index is 1.43. The van der Waals surface area contributed by atoms with Gasteiger partial charge in [0.2, 0.25) is 5.91 Å². The van der Waals surface area contributed by atoms with E-state index in [0.717, 1.165) is 6.26 Å². The molecule has 0 aliphatic carbocycles. The summed E-state index contributed by atoms with van der Waals surface area (Å²) in [6.45, 7) is 1.54. The van der Waals surface area contributed by atoms with E-state index in [9.17, 15) is 30.8 Å². The predicted octanol–water partition coefficient (Wildman–Crippen LogP) is 2.44. The predicted molar refractivity (Wildman–Crippen MR) is 141 cm³/mol. The molecule has 13 heteroatoms. The van der Waals surface area contributed by atoms with E-state index in [1.807, 2.05) is 0 Å². The Bertz CT molecular complexity index is 1570. The number of carbonyl (C=O) groups is 2. The zero-order valence-electron chi connectivity index (χ0n) is 21.3. The van der Waals surface area contributed by atoms with Crippen molar-refractivity contribution < 1.29 is 35.6 Å². The van der Waals surface area contributed by atoms with Gasteiger partial charge in [-0.3, -0.25) is 9.59 Å². The number of ketones is 1. The molecule has 39 heavy (non-hydrogen) atoms. The van der Waals surface area contributed by atoms with Gasteiger partial charge in [-0.1, -0.05) is 18.2 Å². The number of hydrogen-bond donors (Lipinski definition) is 1. The number of hydrogen-bond acceptors (Lipinski definition) is 8. The Hall–Kier alpha value is -3.16. The van der Waals surface area contributed by atoms with Crippen LogP contribution in [0.25, 0.3) is 0 Å². The molecule has 3 aliphatic heterocycles. The highest BCUT2D eigenvalue weighted by atomic mass is 32.2. The molecule has 4 atom stereocenters. The van der Waals surface area contributed by atoms with E-state index >= 15 is 0 Å². The Morgan fingerprint density at radius 3 is 2.44 bits per heavy atom. The molecule has 3 aliphatic rings. The van der Waals surface area contributed by atoms with Crippen LogP contribution in [0.4, 0.5) is 10.1 Å². The van der Waals surface area contributed by atoms with Gasteiger partial charge in [0, 0.05) is 12.8 Å². The van der Waals surface area contributed by atoms with Crippen LogP contribution < -0.4 is 5.32 Å². The van der Waals surface area contributed by atoms with Crippen LogP contribution >= 0.6 is 0 Å². The molecule has 10 nitrogen and oxygen atoms in total. The van der Waals surface area contributed by atoms with Gasteiger partial charge < -0.3 is 15.0 Å². The van der Waals surface area contributed by atoms with Gasteiger partial charge in [0.1, 0.15) is 22.3 Å². The zero-order valence-corrected chi connectivity index (χ0v) is 23.0. The largest absolute Gasteiger partial charge is 0.372 e. The molecule has 208 valence electrons. The molecule has 0 aromatic heterocycles. The minimum Gasteiger partial charge on any atom is -0.372 e. The van der Waals surface area contributed by atoms with Crippen LogP contribution in [-0.2, 0) is 46.5 Å². The summed E-state index contributed by atoms with van der Waals surface area (Å²) in [5.74, 6) is -1.94. The number of halogens is 1. The van der Waals surface area contributed by atoms with Gasteiger partial charge in [-0.05, 0) is 55.2 Å². The number of ether oxygens (including phenoxy) is 1. The van der Waals surface area contributed by atoms with Crippen LogP contribution in [0.1, 0.15) is 37.3 Å². The Kier molecular flexibility index (Phi) is 7.10. The molecule has 1 amide bonds. The molecule has 0 saturated carbocycles. The summed E-state index contributed by atoms with van der Waals surface area (Å²) in [6, 6.07) is 9.32. The molecule has 5 rings (SSSR count). The Morgan fingerprint density at radius 1 is 1.10 bits per heavy atom. The second-order valence-corrected chi connectivity index (χ2v) is 14.0. The highest BCUT2D eigenvalue weighted by molar-refractivity contribution is 7.90. The maximum atomic E-state index is 13.8. The first kappa shape index (κ1) is 27.4. The standard InChI is InChI=1S/C26H28FN3O7S2/c1-15(31)25-20-9-10-21(37-20)26(25)30(13-16-3-6-18(27)7-4-16)24(32)12-23-28-19-8-5-17(14-38(2,33)34)11-22(19)39(35,36)29-23/h3-8,11,20-21,25-26H,9-10,12-14H2,1-2H3,(H,28,29). The van der Waals surface area contributed by atoms with E-state index < -0.39 is 50.0 Å². The lowest BCUT2D eigenvalue weighted by atomic mass is 9.81. The molecule has 2 aromatic carbocycles. The van der Waals surface area contributed by atoms with Gasteiger partial charge in [-0.15, -0.1) is 4.40 Å². The van der Waals surface area contributed by atoms with Crippen molar-refractivity contribution in [3.63, 3.8) is 0 Å². The van der Waals surface area contributed by atoms with Crippen molar-refractivity contribution in [2.45, 2.75) is 61.6 Å². The summed E-state index contributed by atoms with van der Waals surface area (Å²) in [6.07, 6.45) is 1.42. The SMILES string of the molecule is CC(=O)C1C2CCC(O2)C1N(Cc1ccc(F)cc1)C(=O)CC1=NS(=O)(=O)c2cc(CS(C)(=O)=O)ccc2N1. The number of sulfonamides is 1. The van der Waals surface area contributed by atoms with Crippen LogP contribution in [0, 0.1) is 11.7 Å². The fraction of sp³-hybridized carbons (Fsp3) is 0.423. The minimum absolute atomic E-state index is 0.0750. The molecule has 3 heterocycles. The summed E-state index contributed by atoms with van der Waals surface area (Å²) in [5, 5.41) is 2.88. The highest BCUT2D eigenvalue weighted by Crippen LogP contribution is 2.43. The number of nitrogens with one attached hydrogen (secondary N) is 1. The monoisotopic (exact) mass is 577 g/mol. The van der Waals surface area contributed by atoms with Crippen LogP contribution in [0.3, 0.4) is 0 Å². The van der Waals surface area contributed by atoms with Crippen molar-refractivity contribution in [2.24, 2.45) is 10.3 Å². The summed E-state index contributed by atoms with van der Waals surface area (Å²) in [5.41, 5.74) is 1.12. The molecule has 1 N–H and O–H groups in total. The maximum absolute atomic E-state index is 13.8. The molecule has 0 radical (unpaired) electrons. The van der Waals surface area contributed by atoms with E-state index in [1.165, 1.54) is 42.2 Å². The molecular formula is C26H28FN3O7S2. The number of sulfone groups is 1. The lowest BCUT2D eigenvalue weighted by Crippen LogP contribution is -2.52. The van der Waals surface area contributed by atoms with E-state index in [4.69, 9.17) is 4.74 Å². The summed E-state index contributed by atoms with van der Waals surface area (Å²) < 4.78 is 72.6. The molecule has 2 fully saturated rings. The first-order valence-corrected chi connectivity index (χ1v) is 15.9. The lowest BCUT2D eigenvalue weighted by Gasteiger charge is -2.37. The number of nitrogens with zero attached hydrogens (tertiary/aromatic N) is 2. The smallest absolute Gasteiger partial charge is 0.286 e. The molecule has 2 bridgehead atoms. The minimum atomic E-state index is -4.22. The normalized spacial score (nSPS) is 24.9. The van der Waals surface area contributed by atoms with E-state index in [1.54, 1.807) is 12.1 Å². The van der Waals surface area contributed by atoms with Crippen molar-refractivity contribution in [1.29, 1.82) is 0 Å². The van der Waals surface area contributed by atoms with E-state index in [-0.39, 0.29) is 46.7 Å². The summed E-state index contributed by atoms with van der Waals surface area (Å²) in [7, 11) is -7.60. The first-order chi connectivity index (χ1) is 18.3. The average Bonchev–Trinajstić information content (AvgIpc) is 3.45. The van der Waals surface area contributed by atoms with Crippen LogP contribution in [0.5, 0.6) is 0 Å². The van der Waals surface area contributed by atoms with Crippen molar-refractivity contribution >= 4 is 43.1 Å². The molecule has 0 spiro atoms. The van der Waals surface area contributed by atoms with E-state index in [0.29, 0.717) is 24.0 Å². The Morgan fingerprint density at radius 2 is 1.77 bits per heavy atom. The highest BCUT2D eigenvalue weighted by Gasteiger charge is 2.54. The van der Waals surface area contributed by atoms with Crippen LogP contribution in [-0.4, -0.2) is 63.8 Å². The quantitative estimate of drug-likeness (QED) is 0.505. The van der Waals surface area contributed by atoms with Gasteiger partial charge in [-0.2, -0.15) is 8.42 Å². The number of amides is 1. The number of carbonyl (C=O) groups excluding carboxylic acids is 2. The van der Waals surface area contributed by atoms with Gasteiger partial charge in [0.25, 0.3) is 10.0 Å². The molecular weight excluding hydrogens is 549 g/mol. The molecule has 2 saturated heterocycles. The molecule has 4 unspecified atom stereocenters. The Labute approximate surface area is 226 Å². The number of amidine groups is 1. The molecule has 2 aromatic rings. The second-order valence-electron chi connectivity index (χ2n) is 10.3. The van der Waals surface area contributed by atoms with Crippen molar-refractivity contribution in [1.82, 2.24) is 4.90 Å². The average molecular weight is 578 g/mol. The van der Waals surface area contributed by atoms with Crippen LogP contribution in [0.2, 0.25) is 0 Å².